The summed E-state index contributed by atoms with van der Waals surface area (Å²) in [6.07, 6.45) is -1.85. The van der Waals surface area contributed by atoms with E-state index < -0.39 is 48.0 Å². The summed E-state index contributed by atoms with van der Waals surface area (Å²) in [4.78, 5) is 21.6. The molecule has 4 rings (SSSR count). The number of benzene rings is 1. The van der Waals surface area contributed by atoms with Gasteiger partial charge in [-0.1, -0.05) is 6.57 Å². The van der Waals surface area contributed by atoms with E-state index in [4.69, 9.17) is 25.3 Å². The van der Waals surface area contributed by atoms with Crippen molar-refractivity contribution in [1.29, 1.82) is 0 Å². The number of carbonyl (C=O) groups is 1. The number of hydrogen-bond donors (Lipinski definition) is 1. The molecule has 1 aliphatic heterocycles. The first kappa shape index (κ1) is 13.3. The topological polar surface area (TPSA) is 90.6 Å². The Morgan fingerprint density at radius 1 is 1.47 bits per heavy atom. The Labute approximate surface area is 180 Å². The molecule has 9 heteroatoms. The van der Waals surface area contributed by atoms with Crippen LogP contribution in [0.25, 0.3) is 16.0 Å². The molecule has 1 aromatic carbocycles. The number of hydrogen-bond acceptors (Lipinski definition) is 5. The minimum atomic E-state index is -3.28. The molecule has 3 aromatic rings. The van der Waals surface area contributed by atoms with E-state index >= 15 is 0 Å². The molecule has 0 spiro atoms. The molecule has 0 fully saturated rings. The minimum absolute atomic E-state index is 0.0288. The number of nitrogen functional groups attached to an aromatic ring is 1. The lowest BCUT2D eigenvalue weighted by atomic mass is 10.0. The van der Waals surface area contributed by atoms with E-state index in [9.17, 15) is 9.18 Å². The Kier molecular flexibility index (Phi) is 3.18. The van der Waals surface area contributed by atoms with E-state index in [1.807, 2.05) is 0 Å². The van der Waals surface area contributed by atoms with Gasteiger partial charge in [0.15, 0.2) is 11.6 Å². The van der Waals surface area contributed by atoms with E-state index in [-0.39, 0.29) is 28.5 Å². The van der Waals surface area contributed by atoms with E-state index in [0.717, 1.165) is 23.9 Å². The van der Waals surface area contributed by atoms with E-state index in [1.54, 1.807) is 0 Å². The molecular formula is C21H19FN6O2. The van der Waals surface area contributed by atoms with Crippen LogP contribution in [0, 0.1) is 12.4 Å². The fourth-order valence-electron chi connectivity index (χ4n) is 3.11. The fourth-order valence-corrected chi connectivity index (χ4v) is 3.11. The van der Waals surface area contributed by atoms with Crippen LogP contribution in [-0.4, -0.2) is 32.6 Å². The summed E-state index contributed by atoms with van der Waals surface area (Å²) >= 11 is 0. The second-order valence-electron chi connectivity index (χ2n) is 6.49. The number of pyridine rings is 1. The molecule has 8 nitrogen and oxygen atoms in total. The largest absolute Gasteiger partial charge is 0.482 e. The van der Waals surface area contributed by atoms with Crippen molar-refractivity contribution in [3.8, 4) is 16.9 Å². The van der Waals surface area contributed by atoms with Gasteiger partial charge in [-0.2, -0.15) is 0 Å². The van der Waals surface area contributed by atoms with Crippen molar-refractivity contribution in [3.63, 3.8) is 0 Å². The van der Waals surface area contributed by atoms with Gasteiger partial charge in [0, 0.05) is 34.0 Å². The van der Waals surface area contributed by atoms with Crippen LogP contribution in [0.4, 0.5) is 16.0 Å². The van der Waals surface area contributed by atoms with Crippen LogP contribution < -0.4 is 10.5 Å². The highest BCUT2D eigenvalue weighted by Crippen LogP contribution is 2.38. The number of aromatic nitrogens is 3. The molecule has 1 atom stereocenters. The van der Waals surface area contributed by atoms with Crippen molar-refractivity contribution in [2.24, 2.45) is 7.05 Å². The van der Waals surface area contributed by atoms with Crippen LogP contribution in [0.2, 0.25) is 0 Å². The van der Waals surface area contributed by atoms with Gasteiger partial charge in [0.05, 0.1) is 17.7 Å². The summed E-state index contributed by atoms with van der Waals surface area (Å²) in [5.41, 5.74) is 4.51. The Bertz CT molecular complexity index is 1450. The van der Waals surface area contributed by atoms with Crippen LogP contribution in [0.1, 0.15) is 42.8 Å². The lowest BCUT2D eigenvalue weighted by Gasteiger charge is -2.23. The molecule has 30 heavy (non-hydrogen) atoms. The van der Waals surface area contributed by atoms with Gasteiger partial charge in [-0.25, -0.2) is 14.1 Å². The number of rotatable bonds is 0. The van der Waals surface area contributed by atoms with Crippen molar-refractivity contribution in [3.05, 3.63) is 64.5 Å². The third-order valence-electron chi connectivity index (χ3n) is 4.54. The molecule has 0 aliphatic carbocycles. The zero-order chi connectivity index (χ0) is 26.8. The molecule has 0 unspecified atom stereocenters. The number of carbonyl (C=O) groups excluding carboxylic acids is 1. The molecule has 2 aromatic heterocycles. The summed E-state index contributed by atoms with van der Waals surface area (Å²) < 4.78 is 71.5. The molecular weight excluding hydrogens is 387 g/mol. The maximum atomic E-state index is 14.3. The maximum Gasteiger partial charge on any atom is 0.260 e. The number of amides is 1. The van der Waals surface area contributed by atoms with Gasteiger partial charge >= 0.3 is 0 Å². The summed E-state index contributed by atoms with van der Waals surface area (Å²) in [5.74, 6) is -2.84. The third kappa shape index (κ3) is 3.12. The summed E-state index contributed by atoms with van der Waals surface area (Å²) in [5, 5.41) is 4.15. The Morgan fingerprint density at radius 2 is 2.27 bits per heavy atom. The first-order valence-electron chi connectivity index (χ1n) is 11.6. The fraction of sp³-hybridized carbons (Fsp3) is 0.238. The highest BCUT2D eigenvalue weighted by molar-refractivity contribution is 5.96. The normalized spacial score (nSPS) is 23.4. The highest BCUT2D eigenvalue weighted by Gasteiger charge is 2.27. The van der Waals surface area contributed by atoms with Crippen LogP contribution in [0.5, 0.6) is 5.75 Å². The lowest BCUT2D eigenvalue weighted by Crippen LogP contribution is -2.28. The monoisotopic (exact) mass is 412 g/mol. The lowest BCUT2D eigenvalue weighted by molar-refractivity contribution is 0.0778. The SMILES string of the molecule is [2H]C1([2H])c2nn(C)c([N+]#[C-])c2-c2cnc(N)c(c2)O[C@@]([2H])(C([2H])([2H])[2H])c2cc(F)ccc2C(=O)N1C. The standard InChI is InChI=1S/C21H19FN6O2/c1-11-15-8-13(22)5-6-14(15)21(29)27(3)10-16-18(20(24-2)28(4)26-16)12-7-17(30-11)19(23)25-9-12/h5-9,11H,10H2,1,3-4H3,(H2,23,25)/t11-/m0/s1/i1D3,10D2,11D. The first-order chi connectivity index (χ1) is 16.6. The van der Waals surface area contributed by atoms with Gasteiger partial charge in [-0.15, -0.1) is 5.10 Å². The first-order valence-corrected chi connectivity index (χ1v) is 8.61. The van der Waals surface area contributed by atoms with Crippen molar-refractivity contribution in [2.75, 3.05) is 12.8 Å². The average molecular weight is 412 g/mol. The predicted molar refractivity (Wildman–Crippen MR) is 108 cm³/mol. The average Bonchev–Trinajstić information content (AvgIpc) is 3.15. The molecule has 0 saturated heterocycles. The quantitative estimate of drug-likeness (QED) is 0.571. The molecule has 1 aliphatic rings. The van der Waals surface area contributed by atoms with Crippen LogP contribution in [0.15, 0.2) is 30.5 Å². The van der Waals surface area contributed by atoms with Gasteiger partial charge in [0.2, 0.25) is 0 Å². The van der Waals surface area contributed by atoms with Crippen molar-refractivity contribution >= 4 is 17.5 Å². The molecule has 0 saturated carbocycles. The maximum absolute atomic E-state index is 14.3. The van der Waals surface area contributed by atoms with Gasteiger partial charge in [0.25, 0.3) is 11.7 Å². The van der Waals surface area contributed by atoms with E-state index in [1.165, 1.54) is 19.3 Å². The highest BCUT2D eigenvalue weighted by atomic mass is 19.1. The Hall–Kier alpha value is -3.93. The summed E-state index contributed by atoms with van der Waals surface area (Å²) in [7, 11) is 2.52. The minimum Gasteiger partial charge on any atom is -0.482 e. The molecule has 0 radical (unpaired) electrons. The Balaban J connectivity index is 2.17. The second kappa shape index (κ2) is 7.15. The van der Waals surface area contributed by atoms with Gasteiger partial charge in [-0.3, -0.25) is 4.79 Å². The number of halogens is 1. The van der Waals surface area contributed by atoms with Crippen LogP contribution in [-0.2, 0) is 13.5 Å². The number of fused-ring (bicyclic) bond motifs is 5. The zero-order valence-electron chi connectivity index (χ0n) is 21.9. The van der Waals surface area contributed by atoms with Gasteiger partial charge < -0.3 is 20.2 Å². The van der Waals surface area contributed by atoms with Crippen molar-refractivity contribution in [1.82, 2.24) is 19.7 Å². The molecule has 2 N–H and O–H groups in total. The molecule has 1 amide bonds. The molecule has 3 heterocycles. The molecule has 2 bridgehead atoms. The summed E-state index contributed by atoms with van der Waals surface area (Å²) in [6.45, 7) is 1.65. The number of aryl methyl sites for hydroxylation is 1. The van der Waals surface area contributed by atoms with E-state index in [0.29, 0.717) is 11.0 Å². The zero-order valence-corrected chi connectivity index (χ0v) is 15.9. The van der Waals surface area contributed by atoms with E-state index in [2.05, 4.69) is 14.9 Å². The number of ether oxygens (including phenoxy) is 1. The number of nitrogens with two attached hydrogens (primary N) is 1. The van der Waals surface area contributed by atoms with Gasteiger partial charge in [0.1, 0.15) is 17.6 Å². The number of anilines is 1. The predicted octanol–water partition coefficient (Wildman–Crippen LogP) is 3.48. The van der Waals surface area contributed by atoms with Crippen molar-refractivity contribution < 1.29 is 22.1 Å². The second-order valence-corrected chi connectivity index (χ2v) is 6.49. The third-order valence-corrected chi connectivity index (χ3v) is 4.54. The van der Waals surface area contributed by atoms with Crippen LogP contribution in [0.3, 0.4) is 0 Å². The van der Waals surface area contributed by atoms with Gasteiger partial charge in [-0.05, 0) is 36.7 Å². The molecule has 152 valence electrons. The van der Waals surface area contributed by atoms with Crippen LogP contribution >= 0.6 is 0 Å². The smallest absolute Gasteiger partial charge is 0.260 e. The van der Waals surface area contributed by atoms with Crippen molar-refractivity contribution in [2.45, 2.75) is 19.4 Å². The Morgan fingerprint density at radius 3 is 3.00 bits per heavy atom. The number of nitrogens with zero attached hydrogens (tertiary/aromatic N) is 5. The summed E-state index contributed by atoms with van der Waals surface area (Å²) in [6, 6.07) is 3.71.